The maximum atomic E-state index is 13.9. The molecule has 0 radical (unpaired) electrons. The Morgan fingerprint density at radius 2 is 1.89 bits per heavy atom. The SMILES string of the molecule is O=C1CC(C2CCC2)C(c2ccccc2F)C(=O)N1. The van der Waals surface area contributed by atoms with E-state index in [1.165, 1.54) is 6.07 Å². The van der Waals surface area contributed by atoms with Crippen LogP contribution in [0.2, 0.25) is 0 Å². The van der Waals surface area contributed by atoms with Gasteiger partial charge >= 0.3 is 0 Å². The Kier molecular flexibility index (Phi) is 3.09. The first-order valence-electron chi connectivity index (χ1n) is 6.75. The van der Waals surface area contributed by atoms with Crippen molar-refractivity contribution in [3.8, 4) is 0 Å². The first kappa shape index (κ1) is 12.3. The lowest BCUT2D eigenvalue weighted by Crippen LogP contribution is -2.47. The van der Waals surface area contributed by atoms with Gasteiger partial charge in [0.1, 0.15) is 5.82 Å². The molecule has 1 aromatic rings. The summed E-state index contributed by atoms with van der Waals surface area (Å²) in [6.07, 6.45) is 3.54. The van der Waals surface area contributed by atoms with E-state index in [0.29, 0.717) is 17.9 Å². The Morgan fingerprint density at radius 1 is 1.16 bits per heavy atom. The zero-order valence-electron chi connectivity index (χ0n) is 10.6. The van der Waals surface area contributed by atoms with Crippen molar-refractivity contribution in [2.45, 2.75) is 31.6 Å². The van der Waals surface area contributed by atoms with Crippen LogP contribution in [-0.4, -0.2) is 11.8 Å². The molecular formula is C15H16FNO2. The highest BCUT2D eigenvalue weighted by Gasteiger charge is 2.43. The summed E-state index contributed by atoms with van der Waals surface area (Å²) >= 11 is 0. The Bertz CT molecular complexity index is 525. The molecule has 3 rings (SSSR count). The number of hydrogen-bond donors (Lipinski definition) is 1. The summed E-state index contributed by atoms with van der Waals surface area (Å²) in [7, 11) is 0. The largest absolute Gasteiger partial charge is 0.296 e. The minimum absolute atomic E-state index is 0.0492. The summed E-state index contributed by atoms with van der Waals surface area (Å²) in [5.74, 6) is -1.13. The first-order valence-corrected chi connectivity index (χ1v) is 6.75. The second-order valence-electron chi connectivity index (χ2n) is 5.47. The van der Waals surface area contributed by atoms with E-state index < -0.39 is 5.92 Å². The van der Waals surface area contributed by atoms with Crippen LogP contribution in [-0.2, 0) is 9.59 Å². The normalized spacial score (nSPS) is 27.8. The topological polar surface area (TPSA) is 46.2 Å². The Labute approximate surface area is 111 Å². The van der Waals surface area contributed by atoms with Crippen LogP contribution in [0.25, 0.3) is 0 Å². The van der Waals surface area contributed by atoms with Gasteiger partial charge in [0, 0.05) is 12.0 Å². The van der Waals surface area contributed by atoms with Crippen LogP contribution < -0.4 is 5.32 Å². The fraction of sp³-hybridized carbons (Fsp3) is 0.467. The number of amides is 2. The highest BCUT2D eigenvalue weighted by atomic mass is 19.1. The standard InChI is InChI=1S/C15H16FNO2/c16-12-7-2-1-6-10(12)14-11(9-4-3-5-9)8-13(18)17-15(14)19/h1-2,6-7,9,11,14H,3-5,8H2,(H,17,18,19). The number of imide groups is 1. The van der Waals surface area contributed by atoms with E-state index in [4.69, 9.17) is 0 Å². The first-order chi connectivity index (χ1) is 9.16. The molecule has 100 valence electrons. The predicted octanol–water partition coefficient (Wildman–Crippen LogP) is 2.37. The quantitative estimate of drug-likeness (QED) is 0.831. The maximum Gasteiger partial charge on any atom is 0.234 e. The molecule has 2 atom stereocenters. The fourth-order valence-corrected chi connectivity index (χ4v) is 3.20. The van der Waals surface area contributed by atoms with Crippen LogP contribution >= 0.6 is 0 Å². The number of carbonyl (C=O) groups excluding carboxylic acids is 2. The molecule has 1 saturated heterocycles. The van der Waals surface area contributed by atoms with Gasteiger partial charge in [-0.2, -0.15) is 0 Å². The number of rotatable bonds is 2. The van der Waals surface area contributed by atoms with Gasteiger partial charge in [0.15, 0.2) is 0 Å². The smallest absolute Gasteiger partial charge is 0.234 e. The van der Waals surface area contributed by atoms with Gasteiger partial charge in [0.05, 0.1) is 5.92 Å². The van der Waals surface area contributed by atoms with E-state index >= 15 is 0 Å². The van der Waals surface area contributed by atoms with Crippen molar-refractivity contribution in [2.24, 2.45) is 11.8 Å². The van der Waals surface area contributed by atoms with Gasteiger partial charge in [0.2, 0.25) is 11.8 Å². The third-order valence-electron chi connectivity index (χ3n) is 4.39. The molecule has 19 heavy (non-hydrogen) atoms. The zero-order valence-corrected chi connectivity index (χ0v) is 10.6. The Balaban J connectivity index is 1.97. The van der Waals surface area contributed by atoms with E-state index in [2.05, 4.69) is 5.32 Å². The van der Waals surface area contributed by atoms with E-state index in [9.17, 15) is 14.0 Å². The van der Waals surface area contributed by atoms with Crippen LogP contribution in [0.5, 0.6) is 0 Å². The van der Waals surface area contributed by atoms with Crippen molar-refractivity contribution in [3.63, 3.8) is 0 Å². The van der Waals surface area contributed by atoms with Crippen molar-refractivity contribution in [3.05, 3.63) is 35.6 Å². The lowest BCUT2D eigenvalue weighted by molar-refractivity contribution is -0.138. The van der Waals surface area contributed by atoms with Crippen LogP contribution in [0, 0.1) is 17.7 Å². The summed E-state index contributed by atoms with van der Waals surface area (Å²) in [6, 6.07) is 6.38. The van der Waals surface area contributed by atoms with Gasteiger partial charge in [-0.3, -0.25) is 14.9 Å². The molecule has 0 aromatic heterocycles. The average molecular weight is 261 g/mol. The number of hydrogen-bond acceptors (Lipinski definition) is 2. The molecule has 1 aliphatic carbocycles. The predicted molar refractivity (Wildman–Crippen MR) is 67.7 cm³/mol. The van der Waals surface area contributed by atoms with Crippen molar-refractivity contribution in [2.75, 3.05) is 0 Å². The Hall–Kier alpha value is -1.71. The van der Waals surface area contributed by atoms with Crippen LogP contribution in [0.1, 0.15) is 37.2 Å². The van der Waals surface area contributed by atoms with Crippen LogP contribution in [0.15, 0.2) is 24.3 Å². The molecule has 2 aliphatic rings. The van der Waals surface area contributed by atoms with Crippen molar-refractivity contribution in [1.82, 2.24) is 5.32 Å². The van der Waals surface area contributed by atoms with Gasteiger partial charge in [-0.05, 0) is 17.9 Å². The number of benzene rings is 1. The highest BCUT2D eigenvalue weighted by molar-refractivity contribution is 6.01. The second-order valence-corrected chi connectivity index (χ2v) is 5.47. The third-order valence-corrected chi connectivity index (χ3v) is 4.39. The minimum atomic E-state index is -0.524. The number of halogens is 1. The number of piperidine rings is 1. The summed E-state index contributed by atoms with van der Waals surface area (Å²) in [5.41, 5.74) is 0.421. The lowest BCUT2D eigenvalue weighted by Gasteiger charge is -2.40. The minimum Gasteiger partial charge on any atom is -0.296 e. The number of nitrogens with one attached hydrogen (secondary N) is 1. The molecule has 1 aromatic carbocycles. The summed E-state index contributed by atoms with van der Waals surface area (Å²) in [5, 5.41) is 2.34. The molecule has 2 unspecified atom stereocenters. The molecule has 1 N–H and O–H groups in total. The molecule has 3 nitrogen and oxygen atoms in total. The Morgan fingerprint density at radius 3 is 2.53 bits per heavy atom. The van der Waals surface area contributed by atoms with Gasteiger partial charge in [-0.1, -0.05) is 37.5 Å². The van der Waals surface area contributed by atoms with E-state index in [-0.39, 0.29) is 23.5 Å². The second kappa shape index (κ2) is 4.76. The summed E-state index contributed by atoms with van der Waals surface area (Å²) in [4.78, 5) is 23.7. The molecule has 1 aliphatic heterocycles. The molecule has 0 bridgehead atoms. The third kappa shape index (κ3) is 2.15. The van der Waals surface area contributed by atoms with E-state index in [1.807, 2.05) is 0 Å². The monoisotopic (exact) mass is 261 g/mol. The van der Waals surface area contributed by atoms with Crippen molar-refractivity contribution >= 4 is 11.8 Å². The van der Waals surface area contributed by atoms with Crippen molar-refractivity contribution in [1.29, 1.82) is 0 Å². The van der Waals surface area contributed by atoms with Gasteiger partial charge in [-0.25, -0.2) is 4.39 Å². The number of carbonyl (C=O) groups is 2. The molecular weight excluding hydrogens is 245 g/mol. The molecule has 2 fully saturated rings. The average Bonchev–Trinajstić information content (AvgIpc) is 2.28. The van der Waals surface area contributed by atoms with E-state index in [1.54, 1.807) is 18.2 Å². The maximum absolute atomic E-state index is 13.9. The highest BCUT2D eigenvalue weighted by Crippen LogP contribution is 2.44. The lowest BCUT2D eigenvalue weighted by atomic mass is 9.66. The van der Waals surface area contributed by atoms with Gasteiger partial charge in [0.25, 0.3) is 0 Å². The zero-order chi connectivity index (χ0) is 13.4. The van der Waals surface area contributed by atoms with E-state index in [0.717, 1.165) is 19.3 Å². The molecule has 1 saturated carbocycles. The van der Waals surface area contributed by atoms with Crippen LogP contribution in [0.4, 0.5) is 4.39 Å². The molecule has 4 heteroatoms. The molecule has 2 amide bonds. The van der Waals surface area contributed by atoms with Crippen LogP contribution in [0.3, 0.4) is 0 Å². The summed E-state index contributed by atoms with van der Waals surface area (Å²) in [6.45, 7) is 0. The van der Waals surface area contributed by atoms with Gasteiger partial charge < -0.3 is 0 Å². The van der Waals surface area contributed by atoms with Gasteiger partial charge in [-0.15, -0.1) is 0 Å². The summed E-state index contributed by atoms with van der Waals surface area (Å²) < 4.78 is 13.9. The molecule has 0 spiro atoms. The fourth-order valence-electron chi connectivity index (χ4n) is 3.20. The van der Waals surface area contributed by atoms with Crippen molar-refractivity contribution < 1.29 is 14.0 Å². The molecule has 1 heterocycles.